The first kappa shape index (κ1) is 11.3. The van der Waals surface area contributed by atoms with Crippen molar-refractivity contribution in [1.29, 1.82) is 0 Å². The maximum atomic E-state index is 5.19. The van der Waals surface area contributed by atoms with Crippen molar-refractivity contribution in [2.45, 2.75) is 6.61 Å². The molecule has 78 valence electrons. The molecule has 0 radical (unpaired) electrons. The number of halogens is 1. The summed E-state index contributed by atoms with van der Waals surface area (Å²) in [6, 6.07) is 3.66. The van der Waals surface area contributed by atoms with Gasteiger partial charge in [0.25, 0.3) is 0 Å². The van der Waals surface area contributed by atoms with Gasteiger partial charge in [-0.1, -0.05) is 6.07 Å². The number of nitrogens with two attached hydrogens (primary N) is 1. The molecule has 0 aliphatic heterocycles. The molecule has 1 aromatic rings. The van der Waals surface area contributed by atoms with Crippen molar-refractivity contribution in [3.05, 3.63) is 22.2 Å². The summed E-state index contributed by atoms with van der Waals surface area (Å²) in [6.45, 7) is 0.320. The van der Waals surface area contributed by atoms with Gasteiger partial charge in [0.15, 0.2) is 11.5 Å². The zero-order valence-corrected chi connectivity index (χ0v) is 9.63. The quantitative estimate of drug-likeness (QED) is 0.841. The van der Waals surface area contributed by atoms with Crippen LogP contribution < -0.4 is 15.4 Å². The predicted octanol–water partition coefficient (Wildman–Crippen LogP) is 1.86. The van der Waals surface area contributed by atoms with E-state index in [0.717, 1.165) is 10.0 Å². The zero-order chi connectivity index (χ0) is 10.6. The second-order valence-corrected chi connectivity index (χ2v) is 3.38. The second-order valence-electron chi connectivity index (χ2n) is 2.59. The lowest BCUT2D eigenvalue weighted by atomic mass is 10.2. The molecule has 0 saturated carbocycles. The Kier molecular flexibility index (Phi) is 4.19. The topological polar surface area (TPSA) is 53.7 Å². The summed E-state index contributed by atoms with van der Waals surface area (Å²) in [5.74, 6) is 6.31. The van der Waals surface area contributed by atoms with Crippen molar-refractivity contribution in [2.75, 3.05) is 14.2 Å². The number of benzene rings is 1. The van der Waals surface area contributed by atoms with Crippen LogP contribution in [0, 0.1) is 0 Å². The average molecular weight is 262 g/mol. The van der Waals surface area contributed by atoms with Gasteiger partial charge in [-0.25, -0.2) is 5.90 Å². The molecule has 5 heteroatoms. The molecule has 0 saturated heterocycles. The third-order valence-corrected chi connectivity index (χ3v) is 2.67. The van der Waals surface area contributed by atoms with Crippen molar-refractivity contribution < 1.29 is 14.3 Å². The van der Waals surface area contributed by atoms with Crippen LogP contribution in [0.15, 0.2) is 16.6 Å². The first-order valence-corrected chi connectivity index (χ1v) is 4.75. The molecule has 0 unspecified atom stereocenters. The highest BCUT2D eigenvalue weighted by molar-refractivity contribution is 9.10. The van der Waals surface area contributed by atoms with Gasteiger partial charge in [-0.2, -0.15) is 0 Å². The first-order valence-electron chi connectivity index (χ1n) is 3.95. The van der Waals surface area contributed by atoms with Crippen molar-refractivity contribution in [3.63, 3.8) is 0 Å². The fourth-order valence-electron chi connectivity index (χ4n) is 1.13. The molecular formula is C9H12BrNO3. The van der Waals surface area contributed by atoms with E-state index in [1.54, 1.807) is 20.3 Å². The van der Waals surface area contributed by atoms with Gasteiger partial charge >= 0.3 is 0 Å². The third-order valence-electron chi connectivity index (χ3n) is 1.80. The number of rotatable bonds is 4. The molecule has 14 heavy (non-hydrogen) atoms. The van der Waals surface area contributed by atoms with Crippen LogP contribution >= 0.6 is 15.9 Å². The Morgan fingerprint density at radius 2 is 2.00 bits per heavy atom. The van der Waals surface area contributed by atoms with E-state index in [1.165, 1.54) is 0 Å². The summed E-state index contributed by atoms with van der Waals surface area (Å²) in [6.07, 6.45) is 0. The Balaban J connectivity index is 3.13. The van der Waals surface area contributed by atoms with E-state index in [1.807, 2.05) is 6.07 Å². The molecule has 0 aliphatic rings. The molecule has 2 N–H and O–H groups in total. The Morgan fingerprint density at radius 1 is 1.29 bits per heavy atom. The van der Waals surface area contributed by atoms with Gasteiger partial charge in [-0.05, 0) is 27.6 Å². The number of ether oxygens (including phenoxy) is 2. The minimum Gasteiger partial charge on any atom is -0.493 e. The number of methoxy groups -OCH3 is 2. The molecule has 1 rings (SSSR count). The molecule has 0 spiro atoms. The van der Waals surface area contributed by atoms with Gasteiger partial charge in [-0.3, -0.25) is 4.84 Å². The standard InChI is InChI=1S/C9H12BrNO3/c1-12-7-4-3-6(5-14-11)8(10)9(7)13-2/h3-4H,5,11H2,1-2H3. The molecule has 4 nitrogen and oxygen atoms in total. The normalized spacial score (nSPS) is 10.0. The van der Waals surface area contributed by atoms with Gasteiger partial charge in [-0.15, -0.1) is 0 Å². The van der Waals surface area contributed by atoms with Crippen LogP contribution in [0.2, 0.25) is 0 Å². The van der Waals surface area contributed by atoms with E-state index in [-0.39, 0.29) is 0 Å². The molecule has 0 aromatic heterocycles. The van der Waals surface area contributed by atoms with Crippen LogP contribution in [0.25, 0.3) is 0 Å². The van der Waals surface area contributed by atoms with Gasteiger partial charge < -0.3 is 9.47 Å². The Bertz CT molecular complexity index is 317. The lowest BCUT2D eigenvalue weighted by Crippen LogP contribution is -2.01. The molecular weight excluding hydrogens is 250 g/mol. The van der Waals surface area contributed by atoms with E-state index >= 15 is 0 Å². The van der Waals surface area contributed by atoms with Crippen molar-refractivity contribution in [3.8, 4) is 11.5 Å². The van der Waals surface area contributed by atoms with Crippen LogP contribution in [0.3, 0.4) is 0 Å². The molecule has 0 amide bonds. The highest BCUT2D eigenvalue weighted by Crippen LogP contribution is 2.37. The maximum Gasteiger partial charge on any atom is 0.175 e. The third kappa shape index (κ3) is 2.17. The van der Waals surface area contributed by atoms with E-state index in [0.29, 0.717) is 18.1 Å². The van der Waals surface area contributed by atoms with E-state index < -0.39 is 0 Å². The minimum atomic E-state index is 0.320. The predicted molar refractivity (Wildman–Crippen MR) is 56.2 cm³/mol. The van der Waals surface area contributed by atoms with Gasteiger partial charge in [0.05, 0.1) is 25.3 Å². The van der Waals surface area contributed by atoms with Crippen molar-refractivity contribution in [2.24, 2.45) is 5.90 Å². The van der Waals surface area contributed by atoms with E-state index in [2.05, 4.69) is 20.8 Å². The number of hydrogen-bond donors (Lipinski definition) is 1. The first-order chi connectivity index (χ1) is 6.74. The lowest BCUT2D eigenvalue weighted by molar-refractivity contribution is 0.123. The zero-order valence-electron chi connectivity index (χ0n) is 8.04. The molecule has 0 fully saturated rings. The van der Waals surface area contributed by atoms with Crippen LogP contribution in [-0.4, -0.2) is 14.2 Å². The van der Waals surface area contributed by atoms with Crippen molar-refractivity contribution in [1.82, 2.24) is 0 Å². The minimum absolute atomic E-state index is 0.320. The highest BCUT2D eigenvalue weighted by Gasteiger charge is 2.12. The summed E-state index contributed by atoms with van der Waals surface area (Å²) in [4.78, 5) is 4.56. The molecule has 0 aliphatic carbocycles. The van der Waals surface area contributed by atoms with Gasteiger partial charge in [0.1, 0.15) is 0 Å². The summed E-state index contributed by atoms with van der Waals surface area (Å²) in [5, 5.41) is 0. The summed E-state index contributed by atoms with van der Waals surface area (Å²) >= 11 is 3.39. The van der Waals surface area contributed by atoms with Crippen molar-refractivity contribution >= 4 is 15.9 Å². The second kappa shape index (κ2) is 5.19. The summed E-state index contributed by atoms with van der Waals surface area (Å²) < 4.78 is 11.1. The molecule has 0 heterocycles. The Labute approximate surface area is 91.0 Å². The summed E-state index contributed by atoms with van der Waals surface area (Å²) in [7, 11) is 3.17. The number of hydrogen-bond acceptors (Lipinski definition) is 4. The van der Waals surface area contributed by atoms with E-state index in [9.17, 15) is 0 Å². The lowest BCUT2D eigenvalue weighted by Gasteiger charge is -2.12. The van der Waals surface area contributed by atoms with Crippen LogP contribution in [0.5, 0.6) is 11.5 Å². The van der Waals surface area contributed by atoms with E-state index in [4.69, 9.17) is 15.4 Å². The monoisotopic (exact) mass is 261 g/mol. The van der Waals surface area contributed by atoms with Crippen LogP contribution in [-0.2, 0) is 11.4 Å². The Morgan fingerprint density at radius 3 is 2.50 bits per heavy atom. The molecule has 1 aromatic carbocycles. The fourth-order valence-corrected chi connectivity index (χ4v) is 1.74. The van der Waals surface area contributed by atoms with Gasteiger partial charge in [0.2, 0.25) is 0 Å². The van der Waals surface area contributed by atoms with Crippen LogP contribution in [0.1, 0.15) is 5.56 Å². The average Bonchev–Trinajstić information content (AvgIpc) is 2.21. The van der Waals surface area contributed by atoms with Gasteiger partial charge in [0, 0.05) is 0 Å². The largest absolute Gasteiger partial charge is 0.493 e. The maximum absolute atomic E-state index is 5.19. The summed E-state index contributed by atoms with van der Waals surface area (Å²) in [5.41, 5.74) is 0.908. The van der Waals surface area contributed by atoms with Crippen LogP contribution in [0.4, 0.5) is 0 Å². The fraction of sp³-hybridized carbons (Fsp3) is 0.333. The Hall–Kier alpha value is -0.780. The highest BCUT2D eigenvalue weighted by atomic mass is 79.9. The smallest absolute Gasteiger partial charge is 0.175 e. The molecule has 0 atom stereocenters. The SMILES string of the molecule is COc1ccc(CON)c(Br)c1OC. The molecule has 0 bridgehead atoms.